The van der Waals surface area contributed by atoms with Crippen LogP contribution in [0.5, 0.6) is 5.75 Å². The first-order valence-electron chi connectivity index (χ1n) is 9.04. The Morgan fingerprint density at radius 1 is 0.966 bits per heavy atom. The van der Waals surface area contributed by atoms with Gasteiger partial charge in [-0.1, -0.05) is 24.3 Å². The molecule has 0 atom stereocenters. The summed E-state index contributed by atoms with van der Waals surface area (Å²) < 4.78 is 10.4. The fourth-order valence-corrected chi connectivity index (χ4v) is 2.74. The maximum absolute atomic E-state index is 11.0. The summed E-state index contributed by atoms with van der Waals surface area (Å²) in [6, 6.07) is 17.1. The first kappa shape index (κ1) is 19.9. The van der Waals surface area contributed by atoms with Gasteiger partial charge in [0.05, 0.1) is 17.1 Å². The lowest BCUT2D eigenvalue weighted by atomic mass is 10.0. The molecular formula is C23H21N3O3. The van der Waals surface area contributed by atoms with Crippen LogP contribution in [0.15, 0.2) is 82.5 Å². The van der Waals surface area contributed by atoms with E-state index in [1.165, 1.54) is 0 Å². The van der Waals surface area contributed by atoms with Gasteiger partial charge in [0.25, 0.3) is 0 Å². The van der Waals surface area contributed by atoms with Gasteiger partial charge in [-0.05, 0) is 56.1 Å². The number of hydrogen-bond acceptors (Lipinski definition) is 6. The molecule has 0 amide bonds. The van der Waals surface area contributed by atoms with Crippen LogP contribution in [0, 0.1) is 6.92 Å². The highest BCUT2D eigenvalue weighted by Crippen LogP contribution is 2.34. The van der Waals surface area contributed by atoms with Crippen LogP contribution in [0.1, 0.15) is 5.56 Å². The largest absolute Gasteiger partial charge is 0.490 e. The predicted molar refractivity (Wildman–Crippen MR) is 115 cm³/mol. The molecule has 0 aliphatic heterocycles. The fraction of sp³-hybridized carbons (Fsp3) is 0.130. The molecule has 0 N–H and O–H groups in total. The number of nitrogens with zero attached hydrogens (tertiary/aromatic N) is 3. The smallest absolute Gasteiger partial charge is 0.330 e. The van der Waals surface area contributed by atoms with E-state index in [1.807, 2.05) is 31.2 Å². The molecule has 0 unspecified atom stereocenters. The van der Waals surface area contributed by atoms with Gasteiger partial charge < -0.3 is 9.47 Å². The quantitative estimate of drug-likeness (QED) is 0.156. The normalized spacial score (nSPS) is 10.8. The Morgan fingerprint density at radius 2 is 1.72 bits per heavy atom. The van der Waals surface area contributed by atoms with E-state index in [1.54, 1.807) is 24.3 Å². The summed E-state index contributed by atoms with van der Waals surface area (Å²) in [6.07, 6.45) is 1.12. The van der Waals surface area contributed by atoms with Crippen molar-refractivity contribution in [3.8, 4) is 5.75 Å². The van der Waals surface area contributed by atoms with Gasteiger partial charge in [-0.15, -0.1) is 5.11 Å². The van der Waals surface area contributed by atoms with E-state index in [0.717, 1.165) is 33.8 Å². The second-order valence-electron chi connectivity index (χ2n) is 6.22. The molecule has 29 heavy (non-hydrogen) atoms. The maximum atomic E-state index is 11.0. The van der Waals surface area contributed by atoms with Crippen molar-refractivity contribution in [2.45, 2.75) is 6.92 Å². The molecule has 0 saturated carbocycles. The third-order valence-electron chi connectivity index (χ3n) is 4.17. The lowest BCUT2D eigenvalue weighted by Gasteiger charge is -2.07. The number of aliphatic imine (C=N–C) groups is 1. The van der Waals surface area contributed by atoms with Crippen molar-refractivity contribution in [2.24, 2.45) is 15.2 Å². The van der Waals surface area contributed by atoms with Gasteiger partial charge in [0, 0.05) is 16.8 Å². The van der Waals surface area contributed by atoms with Crippen molar-refractivity contribution in [2.75, 3.05) is 13.2 Å². The number of azo groups is 1. The summed E-state index contributed by atoms with van der Waals surface area (Å²) in [5.74, 6) is 0.185. The summed E-state index contributed by atoms with van der Waals surface area (Å²) >= 11 is 0. The molecule has 6 nitrogen and oxygen atoms in total. The van der Waals surface area contributed by atoms with Gasteiger partial charge in [-0.25, -0.2) is 4.79 Å². The lowest BCUT2D eigenvalue weighted by Crippen LogP contribution is -2.09. The average molecular weight is 387 g/mol. The van der Waals surface area contributed by atoms with Crippen LogP contribution in [0.25, 0.3) is 10.8 Å². The molecule has 0 aliphatic rings. The van der Waals surface area contributed by atoms with Gasteiger partial charge >= 0.3 is 5.97 Å². The van der Waals surface area contributed by atoms with Crippen molar-refractivity contribution < 1.29 is 14.3 Å². The van der Waals surface area contributed by atoms with E-state index in [2.05, 4.69) is 34.6 Å². The van der Waals surface area contributed by atoms with Gasteiger partial charge in [-0.2, -0.15) is 5.11 Å². The van der Waals surface area contributed by atoms with Gasteiger partial charge in [0.15, 0.2) is 0 Å². The highest BCUT2D eigenvalue weighted by atomic mass is 16.6. The number of hydrogen-bond donors (Lipinski definition) is 0. The van der Waals surface area contributed by atoms with E-state index in [9.17, 15) is 4.79 Å². The zero-order valence-electron chi connectivity index (χ0n) is 16.2. The monoisotopic (exact) mass is 387 g/mol. The predicted octanol–water partition coefficient (Wildman–Crippen LogP) is 6.00. The van der Waals surface area contributed by atoms with Crippen molar-refractivity contribution in [3.05, 3.63) is 72.8 Å². The van der Waals surface area contributed by atoms with Crippen molar-refractivity contribution in [3.63, 3.8) is 0 Å². The van der Waals surface area contributed by atoms with E-state index < -0.39 is 5.97 Å². The lowest BCUT2D eigenvalue weighted by molar-refractivity contribution is -0.138. The number of carbonyl (C=O) groups excluding carboxylic acids is 1. The van der Waals surface area contributed by atoms with E-state index in [4.69, 9.17) is 9.47 Å². The Labute approximate surface area is 169 Å². The molecule has 0 aromatic heterocycles. The molecule has 3 aromatic carbocycles. The Balaban J connectivity index is 1.70. The zero-order chi connectivity index (χ0) is 20.6. The summed E-state index contributed by atoms with van der Waals surface area (Å²) in [5.41, 5.74) is 3.42. The molecule has 0 spiro atoms. The molecule has 0 aliphatic carbocycles. The molecule has 3 aromatic rings. The van der Waals surface area contributed by atoms with Crippen molar-refractivity contribution in [1.82, 2.24) is 0 Å². The van der Waals surface area contributed by atoms with E-state index >= 15 is 0 Å². The molecule has 0 fully saturated rings. The molecule has 0 saturated heterocycles. The highest BCUT2D eigenvalue weighted by Gasteiger charge is 2.05. The topological polar surface area (TPSA) is 72.6 Å². The number of ether oxygens (including phenoxy) is 2. The fourth-order valence-electron chi connectivity index (χ4n) is 2.74. The molecule has 146 valence electrons. The van der Waals surface area contributed by atoms with Gasteiger partial charge in [-0.3, -0.25) is 4.99 Å². The van der Waals surface area contributed by atoms with E-state index in [0.29, 0.717) is 11.4 Å². The Bertz CT molecular complexity index is 1070. The van der Waals surface area contributed by atoms with Crippen LogP contribution in [0.2, 0.25) is 0 Å². The van der Waals surface area contributed by atoms with Crippen LogP contribution >= 0.6 is 0 Å². The first-order valence-corrected chi connectivity index (χ1v) is 9.04. The molecular weight excluding hydrogens is 366 g/mol. The van der Waals surface area contributed by atoms with Gasteiger partial charge in [0.1, 0.15) is 19.0 Å². The first-order chi connectivity index (χ1) is 14.1. The third kappa shape index (κ3) is 5.13. The number of fused-ring (bicyclic) bond motifs is 1. The molecule has 6 heteroatoms. The molecule has 0 bridgehead atoms. The zero-order valence-corrected chi connectivity index (χ0v) is 16.2. The number of esters is 1. The van der Waals surface area contributed by atoms with Crippen LogP contribution in [0.3, 0.4) is 0 Å². The Kier molecular flexibility index (Phi) is 6.47. The second kappa shape index (κ2) is 9.41. The van der Waals surface area contributed by atoms with Crippen molar-refractivity contribution in [1.29, 1.82) is 0 Å². The average Bonchev–Trinajstić information content (AvgIpc) is 2.75. The Hall–Kier alpha value is -3.80. The SMILES string of the molecule is C=CC(=O)OCCOc1ccc(N=Nc2ccc(N=C)c3cc(C)ccc23)cc1. The standard InChI is InChI=1S/C23H21N3O3/c1-4-23(27)29-14-13-28-18-8-6-17(7-9-18)25-26-22-12-11-21(24-3)20-15-16(2)5-10-19(20)22/h4-12,15H,1,3,13-14H2,2H3. The second-order valence-corrected chi connectivity index (χ2v) is 6.22. The summed E-state index contributed by atoms with van der Waals surface area (Å²) in [7, 11) is 0. The van der Waals surface area contributed by atoms with Crippen LogP contribution in [-0.2, 0) is 9.53 Å². The third-order valence-corrected chi connectivity index (χ3v) is 4.17. The van der Waals surface area contributed by atoms with Crippen LogP contribution in [-0.4, -0.2) is 25.9 Å². The minimum Gasteiger partial charge on any atom is -0.490 e. The number of carbonyl (C=O) groups is 1. The minimum absolute atomic E-state index is 0.161. The van der Waals surface area contributed by atoms with Gasteiger partial charge in [0.2, 0.25) is 0 Å². The highest BCUT2D eigenvalue weighted by molar-refractivity contribution is 6.00. The summed E-state index contributed by atoms with van der Waals surface area (Å²) in [4.78, 5) is 15.0. The number of aryl methyl sites for hydroxylation is 1. The summed E-state index contributed by atoms with van der Waals surface area (Å²) in [6.45, 7) is 9.43. The number of benzene rings is 3. The molecule has 3 rings (SSSR count). The summed E-state index contributed by atoms with van der Waals surface area (Å²) in [5, 5.41) is 10.7. The number of rotatable bonds is 8. The van der Waals surface area contributed by atoms with Crippen LogP contribution in [0.4, 0.5) is 17.1 Å². The molecule has 0 heterocycles. The molecule has 0 radical (unpaired) electrons. The maximum Gasteiger partial charge on any atom is 0.330 e. The van der Waals surface area contributed by atoms with Crippen molar-refractivity contribution >= 4 is 40.5 Å². The minimum atomic E-state index is -0.469. The van der Waals surface area contributed by atoms with Crippen LogP contribution < -0.4 is 4.74 Å². The Morgan fingerprint density at radius 3 is 2.45 bits per heavy atom. The van der Waals surface area contributed by atoms with E-state index in [-0.39, 0.29) is 13.2 Å².